The first kappa shape index (κ1) is 19.9. The van der Waals surface area contributed by atoms with E-state index in [9.17, 15) is 0 Å². The van der Waals surface area contributed by atoms with Crippen LogP contribution < -0.4 is 11.3 Å². The summed E-state index contributed by atoms with van der Waals surface area (Å²) in [5.41, 5.74) is 2.94. The molecule has 0 saturated carbocycles. The van der Waals surface area contributed by atoms with Crippen LogP contribution in [0.2, 0.25) is 0 Å². The topological polar surface area (TPSA) is 47.3 Å². The molecule has 0 saturated heterocycles. The molecule has 0 rings (SSSR count). The smallest absolute Gasteiger partial charge is 0.0462 e. The van der Waals surface area contributed by atoms with Gasteiger partial charge >= 0.3 is 0 Å². The highest BCUT2D eigenvalue weighted by Crippen LogP contribution is 2.13. The van der Waals surface area contributed by atoms with E-state index >= 15 is 0 Å². The van der Waals surface area contributed by atoms with E-state index in [1.165, 1.54) is 70.6 Å². The maximum Gasteiger partial charge on any atom is 0.0462 e. The third-order valence-electron chi connectivity index (χ3n) is 4.04. The highest BCUT2D eigenvalue weighted by Gasteiger charge is 2.05. The van der Waals surface area contributed by atoms with E-state index in [-0.39, 0.29) is 0 Å². The van der Waals surface area contributed by atoms with Crippen LogP contribution in [0.5, 0.6) is 0 Å². The molecule has 1 atom stereocenters. The van der Waals surface area contributed by atoms with Gasteiger partial charge in [-0.2, -0.15) is 0 Å². The fourth-order valence-corrected chi connectivity index (χ4v) is 2.66. The molecule has 1 unspecified atom stereocenters. The van der Waals surface area contributed by atoms with Gasteiger partial charge in [-0.1, -0.05) is 71.1 Å². The zero-order valence-corrected chi connectivity index (χ0v) is 14.0. The molecule has 0 heterocycles. The van der Waals surface area contributed by atoms with E-state index < -0.39 is 0 Å². The Morgan fingerprint density at radius 1 is 0.800 bits per heavy atom. The minimum Gasteiger partial charge on any atom is -0.385 e. The van der Waals surface area contributed by atoms with Crippen LogP contribution >= 0.6 is 0 Å². The molecule has 3 heteroatoms. The van der Waals surface area contributed by atoms with Gasteiger partial charge in [0.1, 0.15) is 0 Å². The first-order valence-electron chi connectivity index (χ1n) is 8.80. The number of methoxy groups -OCH3 is 1. The van der Waals surface area contributed by atoms with E-state index in [1.807, 2.05) is 0 Å². The average Bonchev–Trinajstić information content (AvgIpc) is 2.47. The third-order valence-corrected chi connectivity index (χ3v) is 4.04. The number of unbranched alkanes of at least 4 members (excludes halogenated alkanes) is 9. The lowest BCUT2D eigenvalue weighted by molar-refractivity contribution is 0.188. The minimum absolute atomic E-state index is 0.471. The standard InChI is InChI=1S/C17H38N2O/c1-3-4-5-6-7-8-9-10-11-12-14-17(19-18)15-13-16-20-2/h17,19H,3-16,18H2,1-2H3. The molecule has 0 spiro atoms. The Morgan fingerprint density at radius 3 is 1.80 bits per heavy atom. The van der Waals surface area contributed by atoms with Crippen molar-refractivity contribution in [1.82, 2.24) is 5.43 Å². The minimum atomic E-state index is 0.471. The Bertz CT molecular complexity index is 176. The molecule has 0 amide bonds. The average molecular weight is 287 g/mol. The summed E-state index contributed by atoms with van der Waals surface area (Å²) in [5, 5.41) is 0. The van der Waals surface area contributed by atoms with Gasteiger partial charge in [0.15, 0.2) is 0 Å². The molecule has 122 valence electrons. The first-order chi connectivity index (χ1) is 9.85. The number of hydrogen-bond donors (Lipinski definition) is 2. The molecule has 0 aliphatic heterocycles. The van der Waals surface area contributed by atoms with E-state index in [0.29, 0.717) is 6.04 Å². The predicted octanol–water partition coefficient (Wildman–Crippen LogP) is 4.56. The van der Waals surface area contributed by atoms with Crippen LogP contribution in [0.1, 0.15) is 90.4 Å². The summed E-state index contributed by atoms with van der Waals surface area (Å²) >= 11 is 0. The Kier molecular flexibility index (Phi) is 16.8. The third kappa shape index (κ3) is 14.3. The fourth-order valence-electron chi connectivity index (χ4n) is 2.66. The quantitative estimate of drug-likeness (QED) is 0.248. The van der Waals surface area contributed by atoms with Crippen molar-refractivity contribution in [3.8, 4) is 0 Å². The van der Waals surface area contributed by atoms with Crippen molar-refractivity contribution in [1.29, 1.82) is 0 Å². The molecule has 0 aromatic rings. The number of rotatable bonds is 16. The van der Waals surface area contributed by atoms with Gasteiger partial charge in [0.2, 0.25) is 0 Å². The number of hydrazine groups is 1. The van der Waals surface area contributed by atoms with Crippen molar-refractivity contribution in [3.05, 3.63) is 0 Å². The summed E-state index contributed by atoms with van der Waals surface area (Å²) in [5.74, 6) is 5.58. The lowest BCUT2D eigenvalue weighted by atomic mass is 10.0. The van der Waals surface area contributed by atoms with Gasteiger partial charge in [0, 0.05) is 19.8 Å². The van der Waals surface area contributed by atoms with Crippen molar-refractivity contribution in [2.24, 2.45) is 5.84 Å². The Hall–Kier alpha value is -0.120. The molecular weight excluding hydrogens is 248 g/mol. The van der Waals surface area contributed by atoms with E-state index in [4.69, 9.17) is 10.6 Å². The number of nitrogens with one attached hydrogen (secondary N) is 1. The summed E-state index contributed by atoms with van der Waals surface area (Å²) in [6.07, 6.45) is 17.4. The summed E-state index contributed by atoms with van der Waals surface area (Å²) in [7, 11) is 1.76. The Labute approximate surface area is 127 Å². The Morgan fingerprint density at radius 2 is 1.30 bits per heavy atom. The van der Waals surface area contributed by atoms with Gasteiger partial charge in [-0.25, -0.2) is 0 Å². The van der Waals surface area contributed by atoms with E-state index in [0.717, 1.165) is 19.4 Å². The molecule has 0 aliphatic rings. The highest BCUT2D eigenvalue weighted by atomic mass is 16.5. The van der Waals surface area contributed by atoms with E-state index in [1.54, 1.807) is 7.11 Å². The highest BCUT2D eigenvalue weighted by molar-refractivity contribution is 4.63. The predicted molar refractivity (Wildman–Crippen MR) is 88.7 cm³/mol. The molecule has 0 aromatic carbocycles. The lowest BCUT2D eigenvalue weighted by Gasteiger charge is -2.15. The lowest BCUT2D eigenvalue weighted by Crippen LogP contribution is -2.35. The first-order valence-corrected chi connectivity index (χ1v) is 8.80. The van der Waals surface area contributed by atoms with Crippen molar-refractivity contribution in [2.45, 2.75) is 96.4 Å². The number of hydrogen-bond acceptors (Lipinski definition) is 3. The zero-order valence-electron chi connectivity index (χ0n) is 14.0. The Balaban J connectivity index is 3.20. The van der Waals surface area contributed by atoms with Gasteiger partial charge in [-0.15, -0.1) is 0 Å². The molecule has 0 bridgehead atoms. The second-order valence-corrected chi connectivity index (χ2v) is 5.97. The molecular formula is C17H38N2O. The SMILES string of the molecule is CCCCCCCCCCCCC(CCCOC)NN. The van der Waals surface area contributed by atoms with Crippen LogP contribution in [0.3, 0.4) is 0 Å². The molecule has 0 fully saturated rings. The second kappa shape index (κ2) is 16.9. The summed E-state index contributed by atoms with van der Waals surface area (Å²) in [6, 6.07) is 0.471. The maximum absolute atomic E-state index is 5.58. The summed E-state index contributed by atoms with van der Waals surface area (Å²) in [6.45, 7) is 3.12. The second-order valence-electron chi connectivity index (χ2n) is 5.97. The van der Waals surface area contributed by atoms with Crippen LogP contribution in [0.4, 0.5) is 0 Å². The van der Waals surface area contributed by atoms with Crippen LogP contribution in [-0.4, -0.2) is 19.8 Å². The van der Waals surface area contributed by atoms with Crippen LogP contribution in [0, 0.1) is 0 Å². The molecule has 0 radical (unpaired) electrons. The molecule has 20 heavy (non-hydrogen) atoms. The van der Waals surface area contributed by atoms with Gasteiger partial charge < -0.3 is 4.74 Å². The van der Waals surface area contributed by atoms with Gasteiger partial charge in [-0.3, -0.25) is 11.3 Å². The summed E-state index contributed by atoms with van der Waals surface area (Å²) < 4.78 is 5.07. The molecule has 3 N–H and O–H groups in total. The van der Waals surface area contributed by atoms with Crippen LogP contribution in [0.15, 0.2) is 0 Å². The largest absolute Gasteiger partial charge is 0.385 e. The molecule has 0 aliphatic carbocycles. The van der Waals surface area contributed by atoms with Crippen molar-refractivity contribution >= 4 is 0 Å². The number of nitrogens with two attached hydrogens (primary N) is 1. The van der Waals surface area contributed by atoms with Gasteiger partial charge in [0.25, 0.3) is 0 Å². The monoisotopic (exact) mass is 286 g/mol. The van der Waals surface area contributed by atoms with Crippen LogP contribution in [-0.2, 0) is 4.74 Å². The normalized spacial score (nSPS) is 12.8. The van der Waals surface area contributed by atoms with Crippen LogP contribution in [0.25, 0.3) is 0 Å². The van der Waals surface area contributed by atoms with Crippen molar-refractivity contribution in [3.63, 3.8) is 0 Å². The molecule has 0 aromatic heterocycles. The zero-order chi connectivity index (χ0) is 14.9. The van der Waals surface area contributed by atoms with Gasteiger partial charge in [0.05, 0.1) is 0 Å². The molecule has 3 nitrogen and oxygen atoms in total. The maximum atomic E-state index is 5.58. The fraction of sp³-hybridized carbons (Fsp3) is 1.00. The number of ether oxygens (including phenoxy) is 1. The summed E-state index contributed by atoms with van der Waals surface area (Å²) in [4.78, 5) is 0. The van der Waals surface area contributed by atoms with Crippen molar-refractivity contribution in [2.75, 3.05) is 13.7 Å². The van der Waals surface area contributed by atoms with E-state index in [2.05, 4.69) is 12.3 Å². The van der Waals surface area contributed by atoms with Gasteiger partial charge in [-0.05, 0) is 19.3 Å². The van der Waals surface area contributed by atoms with Crippen molar-refractivity contribution < 1.29 is 4.74 Å².